The smallest absolute Gasteiger partial charge is 0.151 e. The topological polar surface area (TPSA) is 81.5 Å². The van der Waals surface area contributed by atoms with E-state index in [0.29, 0.717) is 18.0 Å². The van der Waals surface area contributed by atoms with Crippen LogP contribution in [0.25, 0.3) is 0 Å². The maximum Gasteiger partial charge on any atom is 0.151 e. The fraction of sp³-hybridized carbons (Fsp3) is 0.400. The predicted octanol–water partition coefficient (Wildman–Crippen LogP) is 0.748. The summed E-state index contributed by atoms with van der Waals surface area (Å²) in [5, 5.41) is 8.86. The Morgan fingerprint density at radius 2 is 2.07 bits per heavy atom. The van der Waals surface area contributed by atoms with Crippen LogP contribution in [0.1, 0.15) is 12.5 Å². The molecule has 0 aliphatic rings. The number of benzene rings is 1. The van der Waals surface area contributed by atoms with Gasteiger partial charge in [0.1, 0.15) is 0 Å². The number of rotatable bonds is 4. The van der Waals surface area contributed by atoms with Gasteiger partial charge in [0, 0.05) is 0 Å². The summed E-state index contributed by atoms with van der Waals surface area (Å²) in [6.45, 7) is 2.05. The Hall–Kier alpha value is -1.26. The monoisotopic (exact) mass is 196 g/mol. The molecule has 14 heavy (non-hydrogen) atoms. The van der Waals surface area contributed by atoms with Crippen LogP contribution >= 0.6 is 0 Å². The second kappa shape index (κ2) is 4.83. The zero-order chi connectivity index (χ0) is 10.6. The molecule has 0 aromatic heterocycles. The molecule has 0 aliphatic carbocycles. The first-order chi connectivity index (χ1) is 6.59. The predicted molar refractivity (Wildman–Crippen MR) is 56.6 cm³/mol. The molecule has 0 radical (unpaired) electrons. The molecule has 0 fully saturated rings. The van der Waals surface area contributed by atoms with Gasteiger partial charge >= 0.3 is 0 Å². The molecule has 1 aromatic carbocycles. The Labute approximate surface area is 83.5 Å². The number of anilines is 2. The van der Waals surface area contributed by atoms with Gasteiger partial charge in [-0.3, -0.25) is 0 Å². The van der Waals surface area contributed by atoms with Gasteiger partial charge in [-0.1, -0.05) is 6.07 Å². The van der Waals surface area contributed by atoms with Gasteiger partial charge in [-0.15, -0.1) is 0 Å². The summed E-state index contributed by atoms with van der Waals surface area (Å²) in [5.41, 5.74) is 13.4. The van der Waals surface area contributed by atoms with E-state index in [4.69, 9.17) is 21.3 Å². The molecule has 0 saturated heterocycles. The summed E-state index contributed by atoms with van der Waals surface area (Å²) in [7, 11) is 0. The molecule has 1 rings (SSSR count). The van der Waals surface area contributed by atoms with Crippen molar-refractivity contribution < 1.29 is 9.84 Å². The van der Waals surface area contributed by atoms with E-state index >= 15 is 0 Å². The number of ether oxygens (including phenoxy) is 1. The SMILES string of the molecule is CC(O)OCCc1ccc(N)c(N)c1. The van der Waals surface area contributed by atoms with Crippen LogP contribution in [0, 0.1) is 0 Å². The van der Waals surface area contributed by atoms with E-state index in [-0.39, 0.29) is 0 Å². The van der Waals surface area contributed by atoms with E-state index in [9.17, 15) is 0 Å². The average Bonchev–Trinajstić information content (AvgIpc) is 2.10. The molecule has 5 N–H and O–H groups in total. The van der Waals surface area contributed by atoms with Crippen LogP contribution in [0.15, 0.2) is 18.2 Å². The van der Waals surface area contributed by atoms with E-state index in [0.717, 1.165) is 12.0 Å². The Morgan fingerprint density at radius 1 is 1.36 bits per heavy atom. The minimum Gasteiger partial charge on any atom is -0.397 e. The third-order valence-corrected chi connectivity index (χ3v) is 1.90. The van der Waals surface area contributed by atoms with Gasteiger partial charge < -0.3 is 21.3 Å². The van der Waals surface area contributed by atoms with Gasteiger partial charge in [0.25, 0.3) is 0 Å². The summed E-state index contributed by atoms with van der Waals surface area (Å²) < 4.78 is 5.00. The zero-order valence-electron chi connectivity index (χ0n) is 8.23. The first kappa shape index (κ1) is 10.8. The van der Waals surface area contributed by atoms with E-state index < -0.39 is 6.29 Å². The molecule has 4 nitrogen and oxygen atoms in total. The van der Waals surface area contributed by atoms with Crippen molar-refractivity contribution in [3.63, 3.8) is 0 Å². The lowest BCUT2D eigenvalue weighted by molar-refractivity contribution is -0.0838. The van der Waals surface area contributed by atoms with Crippen LogP contribution in [-0.4, -0.2) is 18.0 Å². The fourth-order valence-electron chi connectivity index (χ4n) is 1.13. The number of nitrogens with two attached hydrogens (primary N) is 2. The summed E-state index contributed by atoms with van der Waals surface area (Å²) >= 11 is 0. The minimum absolute atomic E-state index is 0.473. The quantitative estimate of drug-likeness (QED) is 0.490. The van der Waals surface area contributed by atoms with Crippen LogP contribution in [-0.2, 0) is 11.2 Å². The lowest BCUT2D eigenvalue weighted by atomic mass is 10.1. The molecular formula is C10H16N2O2. The first-order valence-corrected chi connectivity index (χ1v) is 4.53. The molecule has 1 atom stereocenters. The standard InChI is InChI=1S/C10H16N2O2/c1-7(13)14-5-4-8-2-3-9(11)10(12)6-8/h2-3,6-7,13H,4-5,11-12H2,1H3. The molecule has 78 valence electrons. The molecule has 1 aromatic rings. The maximum atomic E-state index is 8.86. The van der Waals surface area contributed by atoms with E-state index in [2.05, 4.69) is 0 Å². The largest absolute Gasteiger partial charge is 0.397 e. The van der Waals surface area contributed by atoms with Crippen molar-refractivity contribution in [1.29, 1.82) is 0 Å². The van der Waals surface area contributed by atoms with Crippen molar-refractivity contribution in [3.05, 3.63) is 23.8 Å². The lowest BCUT2D eigenvalue weighted by Crippen LogP contribution is -2.09. The van der Waals surface area contributed by atoms with Crippen LogP contribution in [0.3, 0.4) is 0 Å². The van der Waals surface area contributed by atoms with Crippen molar-refractivity contribution >= 4 is 11.4 Å². The Balaban J connectivity index is 2.47. The van der Waals surface area contributed by atoms with E-state index in [1.807, 2.05) is 12.1 Å². The number of hydrogen-bond acceptors (Lipinski definition) is 4. The van der Waals surface area contributed by atoms with Crippen LogP contribution in [0.5, 0.6) is 0 Å². The van der Waals surface area contributed by atoms with Gasteiger partial charge in [0.2, 0.25) is 0 Å². The summed E-state index contributed by atoms with van der Waals surface area (Å²) in [4.78, 5) is 0. The molecule has 0 bridgehead atoms. The number of aliphatic hydroxyl groups excluding tert-OH is 1. The average molecular weight is 196 g/mol. The highest BCUT2D eigenvalue weighted by Crippen LogP contribution is 2.16. The molecule has 0 saturated carbocycles. The highest BCUT2D eigenvalue weighted by molar-refractivity contribution is 5.63. The van der Waals surface area contributed by atoms with Gasteiger partial charge in [0.15, 0.2) is 6.29 Å². The van der Waals surface area contributed by atoms with E-state index in [1.54, 1.807) is 13.0 Å². The highest BCUT2D eigenvalue weighted by atomic mass is 16.6. The first-order valence-electron chi connectivity index (χ1n) is 4.53. The molecule has 4 heteroatoms. The minimum atomic E-state index is -0.721. The Morgan fingerprint density at radius 3 is 2.64 bits per heavy atom. The fourth-order valence-corrected chi connectivity index (χ4v) is 1.13. The molecule has 0 aliphatic heterocycles. The van der Waals surface area contributed by atoms with Crippen molar-refractivity contribution in [1.82, 2.24) is 0 Å². The zero-order valence-corrected chi connectivity index (χ0v) is 8.23. The van der Waals surface area contributed by atoms with Gasteiger partial charge in [-0.05, 0) is 31.0 Å². The lowest BCUT2D eigenvalue weighted by Gasteiger charge is -2.07. The van der Waals surface area contributed by atoms with Gasteiger partial charge in [-0.2, -0.15) is 0 Å². The second-order valence-electron chi connectivity index (χ2n) is 3.18. The number of nitrogen functional groups attached to an aromatic ring is 2. The van der Waals surface area contributed by atoms with Crippen LogP contribution in [0.2, 0.25) is 0 Å². The van der Waals surface area contributed by atoms with Crippen molar-refractivity contribution in [2.75, 3.05) is 18.1 Å². The summed E-state index contributed by atoms with van der Waals surface area (Å²) in [6, 6.07) is 5.49. The molecule has 1 unspecified atom stereocenters. The molecule has 0 heterocycles. The van der Waals surface area contributed by atoms with Crippen molar-refractivity contribution in [2.45, 2.75) is 19.6 Å². The van der Waals surface area contributed by atoms with Crippen LogP contribution in [0.4, 0.5) is 11.4 Å². The molecular weight excluding hydrogens is 180 g/mol. The second-order valence-corrected chi connectivity index (χ2v) is 3.18. The van der Waals surface area contributed by atoms with Crippen molar-refractivity contribution in [3.8, 4) is 0 Å². The van der Waals surface area contributed by atoms with Gasteiger partial charge in [0.05, 0.1) is 18.0 Å². The summed E-state index contributed by atoms with van der Waals surface area (Å²) in [5.74, 6) is 0. The Bertz CT molecular complexity index is 300. The molecule has 0 amide bonds. The normalized spacial score (nSPS) is 12.7. The van der Waals surface area contributed by atoms with Gasteiger partial charge in [-0.25, -0.2) is 0 Å². The third kappa shape index (κ3) is 3.24. The maximum absolute atomic E-state index is 8.86. The number of aliphatic hydroxyl groups is 1. The van der Waals surface area contributed by atoms with Crippen molar-refractivity contribution in [2.24, 2.45) is 0 Å². The summed E-state index contributed by atoms with van der Waals surface area (Å²) in [6.07, 6.45) is -0.00354. The molecule has 0 spiro atoms. The van der Waals surface area contributed by atoms with E-state index in [1.165, 1.54) is 0 Å². The number of hydrogen-bond donors (Lipinski definition) is 3. The van der Waals surface area contributed by atoms with Crippen LogP contribution < -0.4 is 11.5 Å². The Kier molecular flexibility index (Phi) is 3.73. The third-order valence-electron chi connectivity index (χ3n) is 1.90. The highest BCUT2D eigenvalue weighted by Gasteiger charge is 1.99.